The fourth-order valence-electron chi connectivity index (χ4n) is 3.33. The summed E-state index contributed by atoms with van der Waals surface area (Å²) in [5, 5.41) is 1.86. The van der Waals surface area contributed by atoms with Gasteiger partial charge in [0.2, 0.25) is 5.91 Å². The Morgan fingerprint density at radius 2 is 1.44 bits per heavy atom. The first-order valence-electron chi connectivity index (χ1n) is 8.62. The van der Waals surface area contributed by atoms with Crippen molar-refractivity contribution in [1.29, 1.82) is 0 Å². The SMILES string of the molecule is O=C(CN1C(=O)c2ccccc2C1=O)N1CCN(C(=O)c2cccs2)CC1. The van der Waals surface area contributed by atoms with Crippen LogP contribution >= 0.6 is 11.3 Å². The van der Waals surface area contributed by atoms with Crippen LogP contribution in [0.15, 0.2) is 41.8 Å². The van der Waals surface area contributed by atoms with Gasteiger partial charge in [-0.25, -0.2) is 0 Å². The molecule has 0 N–H and O–H groups in total. The van der Waals surface area contributed by atoms with Gasteiger partial charge >= 0.3 is 0 Å². The number of rotatable bonds is 3. The molecule has 0 bridgehead atoms. The molecule has 2 aliphatic rings. The van der Waals surface area contributed by atoms with Crippen molar-refractivity contribution in [3.05, 3.63) is 57.8 Å². The number of amides is 4. The normalized spacial score (nSPS) is 16.7. The molecule has 0 saturated carbocycles. The summed E-state index contributed by atoms with van der Waals surface area (Å²) in [5.74, 6) is -1.18. The maximum Gasteiger partial charge on any atom is 0.264 e. The number of benzene rings is 1. The second kappa shape index (κ2) is 6.96. The molecule has 8 heteroatoms. The first-order valence-corrected chi connectivity index (χ1v) is 9.50. The third-order valence-corrected chi connectivity index (χ3v) is 5.68. The Kier molecular flexibility index (Phi) is 4.49. The van der Waals surface area contributed by atoms with Crippen LogP contribution in [0, 0.1) is 0 Å². The van der Waals surface area contributed by atoms with Gasteiger partial charge in [-0.3, -0.25) is 24.1 Å². The van der Waals surface area contributed by atoms with E-state index in [9.17, 15) is 19.2 Å². The molecule has 2 aliphatic heterocycles. The Morgan fingerprint density at radius 1 is 0.852 bits per heavy atom. The van der Waals surface area contributed by atoms with Crippen molar-refractivity contribution in [2.24, 2.45) is 0 Å². The van der Waals surface area contributed by atoms with Gasteiger partial charge in [-0.05, 0) is 23.6 Å². The van der Waals surface area contributed by atoms with Crippen LogP contribution < -0.4 is 0 Å². The number of hydrogen-bond donors (Lipinski definition) is 0. The van der Waals surface area contributed by atoms with Crippen molar-refractivity contribution in [2.75, 3.05) is 32.7 Å². The third-order valence-electron chi connectivity index (χ3n) is 4.82. The van der Waals surface area contributed by atoms with Crippen LogP contribution in [0.1, 0.15) is 30.4 Å². The molecular formula is C19H17N3O4S. The number of nitrogens with zero attached hydrogens (tertiary/aromatic N) is 3. The minimum atomic E-state index is -0.435. The number of hydrogen-bond acceptors (Lipinski definition) is 5. The number of imide groups is 1. The number of carbonyl (C=O) groups is 4. The molecule has 0 aliphatic carbocycles. The summed E-state index contributed by atoms with van der Waals surface area (Å²) in [4.78, 5) is 54.7. The average molecular weight is 383 g/mol. The molecule has 1 fully saturated rings. The summed E-state index contributed by atoms with van der Waals surface area (Å²) in [7, 11) is 0. The molecule has 0 atom stereocenters. The molecule has 2 aromatic rings. The van der Waals surface area contributed by atoms with Gasteiger partial charge in [-0.15, -0.1) is 11.3 Å². The molecule has 4 rings (SSSR count). The fraction of sp³-hybridized carbons (Fsp3) is 0.263. The highest BCUT2D eigenvalue weighted by atomic mass is 32.1. The van der Waals surface area contributed by atoms with Gasteiger partial charge in [-0.2, -0.15) is 0 Å². The molecule has 138 valence electrons. The van der Waals surface area contributed by atoms with Crippen LogP contribution in [0.4, 0.5) is 0 Å². The molecular weight excluding hydrogens is 366 g/mol. The summed E-state index contributed by atoms with van der Waals surface area (Å²) < 4.78 is 0. The maximum atomic E-state index is 12.6. The molecule has 1 aromatic carbocycles. The van der Waals surface area contributed by atoms with Crippen LogP contribution in [-0.4, -0.2) is 71.1 Å². The highest BCUT2D eigenvalue weighted by Gasteiger charge is 2.37. The zero-order chi connectivity index (χ0) is 19.0. The number of fused-ring (bicyclic) bond motifs is 1. The molecule has 0 radical (unpaired) electrons. The van der Waals surface area contributed by atoms with E-state index in [2.05, 4.69) is 0 Å². The van der Waals surface area contributed by atoms with E-state index in [1.165, 1.54) is 11.3 Å². The largest absolute Gasteiger partial charge is 0.338 e. The monoisotopic (exact) mass is 383 g/mol. The third kappa shape index (κ3) is 3.12. The molecule has 3 heterocycles. The fourth-order valence-corrected chi connectivity index (χ4v) is 4.02. The maximum absolute atomic E-state index is 12.6. The Morgan fingerprint density at radius 3 is 2.00 bits per heavy atom. The molecule has 1 saturated heterocycles. The highest BCUT2D eigenvalue weighted by molar-refractivity contribution is 7.12. The van der Waals surface area contributed by atoms with Gasteiger partial charge in [0.15, 0.2) is 0 Å². The smallest absolute Gasteiger partial charge is 0.264 e. The summed E-state index contributed by atoms with van der Waals surface area (Å²) >= 11 is 1.39. The van der Waals surface area contributed by atoms with Crippen molar-refractivity contribution in [3.8, 4) is 0 Å². The van der Waals surface area contributed by atoms with E-state index in [1.54, 1.807) is 40.1 Å². The van der Waals surface area contributed by atoms with E-state index >= 15 is 0 Å². The second-order valence-corrected chi connectivity index (χ2v) is 7.34. The zero-order valence-corrected chi connectivity index (χ0v) is 15.3. The number of carbonyl (C=O) groups excluding carboxylic acids is 4. The summed E-state index contributed by atoms with van der Waals surface area (Å²) in [5.41, 5.74) is 0.670. The first kappa shape index (κ1) is 17.4. The predicted octanol–water partition coefficient (Wildman–Crippen LogP) is 1.33. The van der Waals surface area contributed by atoms with Crippen LogP contribution in [0.5, 0.6) is 0 Å². The van der Waals surface area contributed by atoms with Crippen LogP contribution in [0.25, 0.3) is 0 Å². The van der Waals surface area contributed by atoms with Gasteiger partial charge in [-0.1, -0.05) is 18.2 Å². The first-order chi connectivity index (χ1) is 13.1. The molecule has 27 heavy (non-hydrogen) atoms. The minimum absolute atomic E-state index is 0.0301. The Labute approximate surface area is 159 Å². The van der Waals surface area contributed by atoms with Crippen LogP contribution in [0.3, 0.4) is 0 Å². The summed E-state index contributed by atoms with van der Waals surface area (Å²) in [6, 6.07) is 10.2. The second-order valence-electron chi connectivity index (χ2n) is 6.39. The minimum Gasteiger partial charge on any atom is -0.338 e. The van der Waals surface area contributed by atoms with Gasteiger partial charge in [0.1, 0.15) is 6.54 Å². The number of piperazine rings is 1. The van der Waals surface area contributed by atoms with Crippen molar-refractivity contribution in [1.82, 2.24) is 14.7 Å². The lowest BCUT2D eigenvalue weighted by atomic mass is 10.1. The van der Waals surface area contributed by atoms with E-state index in [0.717, 1.165) is 4.90 Å². The standard InChI is InChI=1S/C19H17N3O4S/c23-16(12-22-17(24)13-4-1-2-5-14(13)18(22)25)20-7-9-21(10-8-20)19(26)15-6-3-11-27-15/h1-6,11H,7-10,12H2. The number of thiophene rings is 1. The lowest BCUT2D eigenvalue weighted by Crippen LogP contribution is -2.53. The molecule has 7 nitrogen and oxygen atoms in total. The van der Waals surface area contributed by atoms with Crippen LogP contribution in [0.2, 0.25) is 0 Å². The van der Waals surface area contributed by atoms with Crippen molar-refractivity contribution < 1.29 is 19.2 Å². The molecule has 1 aromatic heterocycles. The Balaban J connectivity index is 1.36. The van der Waals surface area contributed by atoms with E-state index in [4.69, 9.17) is 0 Å². The van der Waals surface area contributed by atoms with Gasteiger partial charge < -0.3 is 9.80 Å². The Bertz CT molecular complexity index is 882. The predicted molar refractivity (Wildman–Crippen MR) is 98.6 cm³/mol. The molecule has 0 unspecified atom stereocenters. The van der Waals surface area contributed by atoms with Gasteiger partial charge in [0.05, 0.1) is 16.0 Å². The highest BCUT2D eigenvalue weighted by Crippen LogP contribution is 2.22. The Hall–Kier alpha value is -3.00. The summed E-state index contributed by atoms with van der Waals surface area (Å²) in [6.07, 6.45) is 0. The molecule has 0 spiro atoms. The van der Waals surface area contributed by atoms with Gasteiger partial charge in [0.25, 0.3) is 17.7 Å². The van der Waals surface area contributed by atoms with Crippen molar-refractivity contribution in [2.45, 2.75) is 0 Å². The van der Waals surface area contributed by atoms with Crippen molar-refractivity contribution in [3.63, 3.8) is 0 Å². The lowest BCUT2D eigenvalue weighted by Gasteiger charge is -2.35. The van der Waals surface area contributed by atoms with Crippen molar-refractivity contribution >= 4 is 35.0 Å². The van der Waals surface area contributed by atoms with E-state index < -0.39 is 11.8 Å². The van der Waals surface area contributed by atoms with E-state index in [-0.39, 0.29) is 18.4 Å². The topological polar surface area (TPSA) is 78.0 Å². The molecule has 4 amide bonds. The van der Waals surface area contributed by atoms with E-state index in [0.29, 0.717) is 42.2 Å². The average Bonchev–Trinajstić information content (AvgIpc) is 3.32. The van der Waals surface area contributed by atoms with Gasteiger partial charge in [0, 0.05) is 26.2 Å². The lowest BCUT2D eigenvalue weighted by molar-refractivity contribution is -0.132. The van der Waals surface area contributed by atoms with E-state index in [1.807, 2.05) is 11.4 Å². The summed E-state index contributed by atoms with van der Waals surface area (Å²) in [6.45, 7) is 1.37. The quantitative estimate of drug-likeness (QED) is 0.749. The van der Waals surface area contributed by atoms with Crippen LogP contribution in [-0.2, 0) is 4.79 Å². The zero-order valence-electron chi connectivity index (χ0n) is 14.5.